The first-order valence-electron chi connectivity index (χ1n) is 8.64. The smallest absolute Gasteiger partial charge is 0.325 e. The Balaban J connectivity index is 5.30. The minimum Gasteiger partial charge on any atom is -0.480 e. The summed E-state index contributed by atoms with van der Waals surface area (Å²) < 4.78 is 0. The monoisotopic (exact) mass is 390 g/mol. The molecule has 3 amide bonds. The van der Waals surface area contributed by atoms with E-state index in [1.54, 1.807) is 13.8 Å². The molecular formula is C16H30N4O7. The summed E-state index contributed by atoms with van der Waals surface area (Å²) in [5.41, 5.74) is 5.37. The number of aliphatic hydroxyl groups excluding tert-OH is 2. The van der Waals surface area contributed by atoms with Gasteiger partial charge in [0, 0.05) is 0 Å². The Morgan fingerprint density at radius 2 is 1.41 bits per heavy atom. The van der Waals surface area contributed by atoms with Gasteiger partial charge in [-0.1, -0.05) is 20.3 Å². The molecule has 0 aliphatic carbocycles. The van der Waals surface area contributed by atoms with Crippen molar-refractivity contribution >= 4 is 23.7 Å². The number of hydrogen-bond donors (Lipinski definition) is 7. The summed E-state index contributed by atoms with van der Waals surface area (Å²) in [7, 11) is 0. The first-order chi connectivity index (χ1) is 12.5. The van der Waals surface area contributed by atoms with Gasteiger partial charge >= 0.3 is 5.97 Å². The van der Waals surface area contributed by atoms with Gasteiger partial charge in [-0.25, -0.2) is 0 Å². The maximum atomic E-state index is 12.5. The van der Waals surface area contributed by atoms with E-state index >= 15 is 0 Å². The molecule has 0 saturated heterocycles. The van der Waals surface area contributed by atoms with Gasteiger partial charge in [0.1, 0.15) is 24.2 Å². The van der Waals surface area contributed by atoms with E-state index in [2.05, 4.69) is 16.0 Å². The minimum absolute atomic E-state index is 0.347. The van der Waals surface area contributed by atoms with Crippen molar-refractivity contribution in [2.75, 3.05) is 6.61 Å². The molecule has 6 atom stereocenters. The summed E-state index contributed by atoms with van der Waals surface area (Å²) in [5.74, 6) is -3.96. The number of aliphatic hydroxyl groups is 2. The second-order valence-electron chi connectivity index (χ2n) is 6.46. The topological polar surface area (TPSA) is 191 Å². The number of carboxylic acid groups (broad SMARTS) is 1. The molecule has 8 N–H and O–H groups in total. The number of hydrogen-bond acceptors (Lipinski definition) is 7. The lowest BCUT2D eigenvalue weighted by molar-refractivity contribution is -0.142. The molecule has 0 heterocycles. The van der Waals surface area contributed by atoms with Crippen LogP contribution in [-0.4, -0.2) is 75.9 Å². The molecule has 11 nitrogen and oxygen atoms in total. The highest BCUT2D eigenvalue weighted by molar-refractivity contribution is 5.94. The fraction of sp³-hybridized carbons (Fsp3) is 0.750. The zero-order chi connectivity index (χ0) is 21.3. The van der Waals surface area contributed by atoms with Crippen LogP contribution >= 0.6 is 0 Å². The van der Waals surface area contributed by atoms with Gasteiger partial charge in [-0.3, -0.25) is 19.2 Å². The summed E-state index contributed by atoms with van der Waals surface area (Å²) in [4.78, 5) is 47.6. The SMILES string of the molecule is CCC(C)C(NC(=O)C(NC(=O)C(N)CO)C(C)O)C(=O)NC(C)C(=O)O. The van der Waals surface area contributed by atoms with Gasteiger partial charge in [0.25, 0.3) is 0 Å². The summed E-state index contributed by atoms with van der Waals surface area (Å²) in [6, 6.07) is -4.92. The van der Waals surface area contributed by atoms with Crippen molar-refractivity contribution in [1.82, 2.24) is 16.0 Å². The van der Waals surface area contributed by atoms with Crippen molar-refractivity contribution in [3.63, 3.8) is 0 Å². The molecule has 0 radical (unpaired) electrons. The molecule has 156 valence electrons. The van der Waals surface area contributed by atoms with Gasteiger partial charge in [-0.15, -0.1) is 0 Å². The average molecular weight is 390 g/mol. The molecule has 0 bridgehead atoms. The molecule has 0 saturated carbocycles. The van der Waals surface area contributed by atoms with Gasteiger partial charge in [-0.2, -0.15) is 0 Å². The van der Waals surface area contributed by atoms with Crippen LogP contribution in [0.15, 0.2) is 0 Å². The summed E-state index contributed by atoms with van der Waals surface area (Å²) in [5, 5.41) is 34.5. The van der Waals surface area contributed by atoms with Crippen LogP contribution in [0.1, 0.15) is 34.1 Å². The third kappa shape index (κ3) is 7.89. The van der Waals surface area contributed by atoms with E-state index in [9.17, 15) is 24.3 Å². The normalized spacial score (nSPS) is 17.6. The van der Waals surface area contributed by atoms with Crippen LogP contribution in [0.5, 0.6) is 0 Å². The lowest BCUT2D eigenvalue weighted by Gasteiger charge is -2.28. The minimum atomic E-state index is -1.41. The van der Waals surface area contributed by atoms with Crippen LogP contribution in [-0.2, 0) is 19.2 Å². The lowest BCUT2D eigenvalue weighted by atomic mass is 9.97. The number of nitrogens with one attached hydrogen (secondary N) is 3. The first-order valence-corrected chi connectivity index (χ1v) is 8.64. The van der Waals surface area contributed by atoms with Gasteiger partial charge in [0.05, 0.1) is 12.7 Å². The second-order valence-corrected chi connectivity index (χ2v) is 6.46. The molecule has 0 fully saturated rings. The molecule has 27 heavy (non-hydrogen) atoms. The molecule has 11 heteroatoms. The van der Waals surface area contributed by atoms with Crippen LogP contribution in [0.2, 0.25) is 0 Å². The van der Waals surface area contributed by atoms with E-state index in [0.717, 1.165) is 0 Å². The van der Waals surface area contributed by atoms with Crippen molar-refractivity contribution < 1.29 is 34.5 Å². The third-order valence-corrected chi connectivity index (χ3v) is 4.12. The van der Waals surface area contributed by atoms with Crippen molar-refractivity contribution in [1.29, 1.82) is 0 Å². The number of carboxylic acids is 1. The summed E-state index contributed by atoms with van der Waals surface area (Å²) in [6.07, 6.45) is -0.806. The number of nitrogens with two attached hydrogens (primary N) is 1. The molecule has 0 aromatic rings. The van der Waals surface area contributed by atoms with E-state index in [0.29, 0.717) is 6.42 Å². The fourth-order valence-corrected chi connectivity index (χ4v) is 2.06. The van der Waals surface area contributed by atoms with Crippen molar-refractivity contribution in [3.05, 3.63) is 0 Å². The van der Waals surface area contributed by atoms with Crippen LogP contribution in [0.3, 0.4) is 0 Å². The molecular weight excluding hydrogens is 360 g/mol. The Bertz CT molecular complexity index is 541. The first kappa shape index (κ1) is 24.8. The van der Waals surface area contributed by atoms with Crippen LogP contribution in [0, 0.1) is 5.92 Å². The maximum absolute atomic E-state index is 12.5. The zero-order valence-electron chi connectivity index (χ0n) is 15.9. The average Bonchev–Trinajstić information content (AvgIpc) is 2.61. The number of rotatable bonds is 11. The van der Waals surface area contributed by atoms with Gasteiger partial charge in [0.15, 0.2) is 0 Å². The molecule has 0 aromatic carbocycles. The largest absolute Gasteiger partial charge is 0.480 e. The predicted molar refractivity (Wildman–Crippen MR) is 95.3 cm³/mol. The predicted octanol–water partition coefficient (Wildman–Crippen LogP) is -2.71. The van der Waals surface area contributed by atoms with E-state index in [1.807, 2.05) is 0 Å². The highest BCUT2D eigenvalue weighted by Gasteiger charge is 2.33. The highest BCUT2D eigenvalue weighted by Crippen LogP contribution is 2.09. The Morgan fingerprint density at radius 3 is 1.81 bits per heavy atom. The highest BCUT2D eigenvalue weighted by atomic mass is 16.4. The molecule has 0 aliphatic heterocycles. The standard InChI is InChI=1S/C16H30N4O7/c1-5-7(2)11(14(24)18-8(3)16(26)27)19-15(25)12(9(4)22)20-13(23)10(17)6-21/h7-12,21-22H,5-6,17H2,1-4H3,(H,18,24)(H,19,25)(H,20,23)(H,26,27). The fourth-order valence-electron chi connectivity index (χ4n) is 2.06. The number of carbonyl (C=O) groups is 4. The van der Waals surface area contributed by atoms with Crippen LogP contribution in [0.4, 0.5) is 0 Å². The van der Waals surface area contributed by atoms with Crippen LogP contribution < -0.4 is 21.7 Å². The van der Waals surface area contributed by atoms with Gasteiger partial charge < -0.3 is 37.0 Å². The Kier molecular flexibility index (Phi) is 10.5. The molecule has 6 unspecified atom stereocenters. The summed E-state index contributed by atoms with van der Waals surface area (Å²) >= 11 is 0. The van der Waals surface area contributed by atoms with E-state index in [4.69, 9.17) is 15.9 Å². The van der Waals surface area contributed by atoms with Gasteiger partial charge in [-0.05, 0) is 19.8 Å². The van der Waals surface area contributed by atoms with E-state index < -0.39 is 60.6 Å². The van der Waals surface area contributed by atoms with E-state index in [1.165, 1.54) is 13.8 Å². The Labute approximate surface area is 157 Å². The Morgan fingerprint density at radius 1 is 0.926 bits per heavy atom. The lowest BCUT2D eigenvalue weighted by Crippen LogP contribution is -2.61. The van der Waals surface area contributed by atoms with E-state index in [-0.39, 0.29) is 5.92 Å². The van der Waals surface area contributed by atoms with Gasteiger partial charge in [0.2, 0.25) is 17.7 Å². The van der Waals surface area contributed by atoms with Crippen LogP contribution in [0.25, 0.3) is 0 Å². The van der Waals surface area contributed by atoms with Crippen molar-refractivity contribution in [2.45, 2.75) is 64.4 Å². The third-order valence-electron chi connectivity index (χ3n) is 4.12. The number of aliphatic carboxylic acids is 1. The Hall–Kier alpha value is -2.24. The molecule has 0 spiro atoms. The number of amides is 3. The van der Waals surface area contributed by atoms with Crippen molar-refractivity contribution in [2.24, 2.45) is 11.7 Å². The second kappa shape index (κ2) is 11.5. The summed E-state index contributed by atoms with van der Waals surface area (Å²) in [6.45, 7) is 5.37. The molecule has 0 aromatic heterocycles. The zero-order valence-corrected chi connectivity index (χ0v) is 15.9. The molecule has 0 aliphatic rings. The molecule has 0 rings (SSSR count). The van der Waals surface area contributed by atoms with Crippen molar-refractivity contribution in [3.8, 4) is 0 Å². The number of carbonyl (C=O) groups excluding carboxylic acids is 3. The quantitative estimate of drug-likeness (QED) is 0.198. The maximum Gasteiger partial charge on any atom is 0.325 e.